The number of aliphatic carboxylic acids is 1. The Morgan fingerprint density at radius 2 is 1.69 bits per heavy atom. The molecule has 1 saturated heterocycles. The number of carbonyl (C=O) groups is 1. The Balaban J connectivity index is 2.10. The van der Waals surface area contributed by atoms with Gasteiger partial charge in [-0.15, -0.1) is 0 Å². The maximum Gasteiger partial charge on any atom is 0.336 e. The summed E-state index contributed by atoms with van der Waals surface area (Å²) in [5.74, 6) is -3.53. The van der Waals surface area contributed by atoms with Crippen LogP contribution in [-0.4, -0.2) is 55.1 Å². The molecule has 0 radical (unpaired) electrons. The van der Waals surface area contributed by atoms with Crippen molar-refractivity contribution in [2.45, 2.75) is 63.3 Å². The van der Waals surface area contributed by atoms with Crippen LogP contribution in [0.4, 0.5) is 0 Å². The summed E-state index contributed by atoms with van der Waals surface area (Å²) < 4.78 is 16.4. The van der Waals surface area contributed by atoms with E-state index in [1.165, 1.54) is 32.0 Å². The number of rotatable bonds is 3. The molecule has 4 N–H and O–H groups in total. The first-order valence-corrected chi connectivity index (χ1v) is 8.95. The molecule has 1 aliphatic rings. The lowest BCUT2D eigenvalue weighted by Gasteiger charge is -2.60. The fourth-order valence-corrected chi connectivity index (χ4v) is 3.65. The van der Waals surface area contributed by atoms with E-state index in [-0.39, 0.29) is 11.3 Å². The molecule has 2 heterocycles. The zero-order valence-corrected chi connectivity index (χ0v) is 16.7. The van der Waals surface area contributed by atoms with Gasteiger partial charge in [-0.25, -0.2) is 9.59 Å². The molecule has 0 amide bonds. The van der Waals surface area contributed by atoms with E-state index in [9.17, 15) is 30.0 Å². The van der Waals surface area contributed by atoms with Crippen molar-refractivity contribution < 1.29 is 39.1 Å². The molecule has 0 aliphatic carbocycles. The van der Waals surface area contributed by atoms with E-state index in [1.54, 1.807) is 13.0 Å². The number of hydrogen-bond donors (Lipinski definition) is 4. The Bertz CT molecular complexity index is 1030. The number of carboxylic acid groups (broad SMARTS) is 1. The van der Waals surface area contributed by atoms with Gasteiger partial charge >= 0.3 is 11.6 Å². The standard InChI is InChI=1S/C20H24O9/c1-10-8-14(21)27-13-9-11(6-7-12(10)13)28-20(5)19(4,26)18(3,25)17(2,24)15(29-20)16(22)23/h6-9,15,24-26H,1-5H3,(H,22,23)/t15-,17+,18+,19-,20+/m0/s1. The van der Waals surface area contributed by atoms with Gasteiger partial charge in [0.2, 0.25) is 5.79 Å². The topological polar surface area (TPSA) is 147 Å². The Morgan fingerprint density at radius 3 is 2.28 bits per heavy atom. The number of benzene rings is 1. The molecule has 158 valence electrons. The van der Waals surface area contributed by atoms with Gasteiger partial charge in [0, 0.05) is 24.4 Å². The number of ether oxygens (including phenoxy) is 2. The molecule has 0 bridgehead atoms. The second-order valence-corrected chi connectivity index (χ2v) is 8.08. The number of fused-ring (bicyclic) bond motifs is 1. The highest BCUT2D eigenvalue weighted by molar-refractivity contribution is 5.81. The summed E-state index contributed by atoms with van der Waals surface area (Å²) >= 11 is 0. The second kappa shape index (κ2) is 6.27. The maximum atomic E-state index is 11.7. The normalized spacial score (nSPS) is 37.4. The lowest BCUT2D eigenvalue weighted by molar-refractivity contribution is -0.407. The van der Waals surface area contributed by atoms with Crippen LogP contribution in [0.3, 0.4) is 0 Å². The average Bonchev–Trinajstić information content (AvgIpc) is 2.57. The van der Waals surface area contributed by atoms with Crippen molar-refractivity contribution >= 4 is 16.9 Å². The van der Waals surface area contributed by atoms with Crippen LogP contribution in [0.25, 0.3) is 11.0 Å². The van der Waals surface area contributed by atoms with Crippen LogP contribution >= 0.6 is 0 Å². The van der Waals surface area contributed by atoms with Crippen molar-refractivity contribution in [3.8, 4) is 5.75 Å². The van der Waals surface area contributed by atoms with E-state index in [1.807, 2.05) is 0 Å². The Morgan fingerprint density at radius 1 is 1.07 bits per heavy atom. The average molecular weight is 408 g/mol. The minimum atomic E-state index is -2.34. The van der Waals surface area contributed by atoms with Crippen molar-refractivity contribution in [2.75, 3.05) is 0 Å². The lowest BCUT2D eigenvalue weighted by Crippen LogP contribution is -2.82. The number of hydrogen-bond acceptors (Lipinski definition) is 8. The first-order valence-electron chi connectivity index (χ1n) is 8.95. The van der Waals surface area contributed by atoms with Gasteiger partial charge in [-0.05, 0) is 45.4 Å². The second-order valence-electron chi connectivity index (χ2n) is 8.08. The molecule has 9 nitrogen and oxygen atoms in total. The highest BCUT2D eigenvalue weighted by Crippen LogP contribution is 2.49. The number of carboxylic acids is 1. The Kier molecular flexibility index (Phi) is 4.59. The van der Waals surface area contributed by atoms with Crippen LogP contribution in [0.2, 0.25) is 0 Å². The van der Waals surface area contributed by atoms with Gasteiger partial charge in [0.05, 0.1) is 0 Å². The molecule has 1 aromatic heterocycles. The third-order valence-electron chi connectivity index (χ3n) is 6.13. The predicted molar refractivity (Wildman–Crippen MR) is 101 cm³/mol. The van der Waals surface area contributed by atoms with E-state index in [4.69, 9.17) is 13.9 Å². The number of aliphatic hydroxyl groups is 3. The molecule has 1 fully saturated rings. The van der Waals surface area contributed by atoms with Gasteiger partial charge < -0.3 is 34.3 Å². The highest BCUT2D eigenvalue weighted by atomic mass is 16.7. The molecule has 0 spiro atoms. The maximum absolute atomic E-state index is 11.7. The quantitative estimate of drug-likeness (QED) is 0.545. The predicted octanol–water partition coefficient (Wildman–Crippen LogP) is 0.933. The van der Waals surface area contributed by atoms with Gasteiger partial charge in [-0.3, -0.25) is 0 Å². The molecule has 0 unspecified atom stereocenters. The third-order valence-corrected chi connectivity index (χ3v) is 6.13. The van der Waals surface area contributed by atoms with Gasteiger partial charge in [-0.2, -0.15) is 0 Å². The summed E-state index contributed by atoms with van der Waals surface area (Å²) in [4.78, 5) is 23.3. The molecule has 5 atom stereocenters. The minimum absolute atomic E-state index is 0.0931. The summed E-state index contributed by atoms with van der Waals surface area (Å²) in [6.45, 7) is 6.34. The van der Waals surface area contributed by atoms with E-state index < -0.39 is 40.3 Å². The van der Waals surface area contributed by atoms with Crippen LogP contribution in [0.15, 0.2) is 33.5 Å². The largest absolute Gasteiger partial charge is 0.479 e. The van der Waals surface area contributed by atoms with Crippen LogP contribution in [-0.2, 0) is 9.53 Å². The molecular formula is C20H24O9. The molecular weight excluding hydrogens is 384 g/mol. The van der Waals surface area contributed by atoms with E-state index in [0.717, 1.165) is 13.8 Å². The fourth-order valence-electron chi connectivity index (χ4n) is 3.65. The Hall–Kier alpha value is -2.46. The molecule has 9 heteroatoms. The molecule has 3 rings (SSSR count). The zero-order valence-electron chi connectivity index (χ0n) is 16.7. The summed E-state index contributed by atoms with van der Waals surface area (Å²) in [7, 11) is 0. The van der Waals surface area contributed by atoms with E-state index in [0.29, 0.717) is 10.9 Å². The highest BCUT2D eigenvalue weighted by Gasteiger charge is 2.73. The summed E-state index contributed by atoms with van der Waals surface area (Å²) in [6, 6.07) is 5.89. The third kappa shape index (κ3) is 2.93. The van der Waals surface area contributed by atoms with Gasteiger partial charge in [-0.1, -0.05) is 0 Å². The first kappa shape index (κ1) is 21.3. The molecule has 29 heavy (non-hydrogen) atoms. The van der Waals surface area contributed by atoms with E-state index in [2.05, 4.69) is 0 Å². The fraction of sp³-hybridized carbons (Fsp3) is 0.500. The molecule has 0 saturated carbocycles. The minimum Gasteiger partial charge on any atom is -0.479 e. The molecule has 1 aliphatic heterocycles. The molecule has 2 aromatic rings. The van der Waals surface area contributed by atoms with Crippen molar-refractivity contribution in [3.63, 3.8) is 0 Å². The van der Waals surface area contributed by atoms with Crippen molar-refractivity contribution in [3.05, 3.63) is 40.2 Å². The van der Waals surface area contributed by atoms with Crippen molar-refractivity contribution in [1.29, 1.82) is 0 Å². The number of aryl methyl sites for hydroxylation is 1. The first-order chi connectivity index (χ1) is 13.1. The van der Waals surface area contributed by atoms with E-state index >= 15 is 0 Å². The lowest BCUT2D eigenvalue weighted by atomic mass is 9.65. The smallest absolute Gasteiger partial charge is 0.336 e. The van der Waals surface area contributed by atoms with Crippen molar-refractivity contribution in [2.24, 2.45) is 0 Å². The Labute approximate surface area is 166 Å². The SMILES string of the molecule is Cc1cc(=O)oc2cc(O[C@]3(C)O[C@@H](C(=O)O)[C@@](C)(O)[C@@](C)(O)[C@]3(C)O)ccc12. The monoisotopic (exact) mass is 408 g/mol. The van der Waals surface area contributed by atoms with Crippen LogP contribution in [0.1, 0.15) is 33.3 Å². The summed E-state index contributed by atoms with van der Waals surface area (Å²) in [6.07, 6.45) is -1.90. The zero-order chi connectivity index (χ0) is 22.0. The van der Waals surface area contributed by atoms with Crippen LogP contribution < -0.4 is 10.4 Å². The van der Waals surface area contributed by atoms with Crippen molar-refractivity contribution in [1.82, 2.24) is 0 Å². The van der Waals surface area contributed by atoms with Crippen LogP contribution in [0, 0.1) is 6.92 Å². The summed E-state index contributed by atoms with van der Waals surface area (Å²) in [5, 5.41) is 42.8. The molecule has 1 aromatic carbocycles. The van der Waals surface area contributed by atoms with Gasteiger partial charge in [0.15, 0.2) is 11.7 Å². The van der Waals surface area contributed by atoms with Gasteiger partial charge in [0.1, 0.15) is 22.5 Å². The van der Waals surface area contributed by atoms with Crippen LogP contribution in [0.5, 0.6) is 5.75 Å². The summed E-state index contributed by atoms with van der Waals surface area (Å²) in [5.41, 5.74) is -6.56. The van der Waals surface area contributed by atoms with Gasteiger partial charge in [0.25, 0.3) is 0 Å².